The number of hydrogen-bond donors (Lipinski definition) is 2. The Balaban J connectivity index is 1.62. The second-order valence-corrected chi connectivity index (χ2v) is 10.4. The first-order chi connectivity index (χ1) is 17.2. The van der Waals surface area contributed by atoms with Gasteiger partial charge in [0, 0.05) is 16.1 Å². The molecule has 0 aliphatic carbocycles. The zero-order valence-electron chi connectivity index (χ0n) is 19.4. The van der Waals surface area contributed by atoms with Crippen LogP contribution in [0, 0.1) is 0 Å². The van der Waals surface area contributed by atoms with Gasteiger partial charge in [-0.25, -0.2) is 23.2 Å². The van der Waals surface area contributed by atoms with Crippen LogP contribution in [0.5, 0.6) is 0 Å². The van der Waals surface area contributed by atoms with E-state index in [1.807, 2.05) is 30.3 Å². The maximum Gasteiger partial charge on any atom is 0.341 e. The van der Waals surface area contributed by atoms with Crippen LogP contribution in [0.2, 0.25) is 0 Å². The van der Waals surface area contributed by atoms with Crippen molar-refractivity contribution >= 4 is 43.9 Å². The van der Waals surface area contributed by atoms with Crippen LogP contribution in [0.3, 0.4) is 0 Å². The number of sulfonamides is 1. The van der Waals surface area contributed by atoms with Gasteiger partial charge in [0.2, 0.25) is 10.0 Å². The Kier molecular flexibility index (Phi) is 7.41. The monoisotopic (exact) mass is 522 g/mol. The van der Waals surface area contributed by atoms with Gasteiger partial charge in [0.1, 0.15) is 17.0 Å². The molecule has 11 heteroatoms. The average Bonchev–Trinajstić information content (AvgIpc) is 3.28. The predicted molar refractivity (Wildman–Crippen MR) is 140 cm³/mol. The Labute approximate surface area is 212 Å². The van der Waals surface area contributed by atoms with E-state index in [4.69, 9.17) is 4.74 Å². The predicted octanol–water partition coefficient (Wildman–Crippen LogP) is 4.67. The topological polar surface area (TPSA) is 127 Å². The molecule has 0 bridgehead atoms. The first-order valence-corrected chi connectivity index (χ1v) is 13.5. The summed E-state index contributed by atoms with van der Waals surface area (Å²) in [6.07, 6.45) is 2.31. The summed E-state index contributed by atoms with van der Waals surface area (Å²) in [5.41, 5.74) is 2.61. The molecule has 0 aliphatic rings. The number of nitrogens with one attached hydrogen (secondary N) is 2. The molecule has 184 valence electrons. The summed E-state index contributed by atoms with van der Waals surface area (Å²) in [6.45, 7) is 1.91. The number of thiophene rings is 1. The quantitative estimate of drug-likeness (QED) is 0.322. The van der Waals surface area contributed by atoms with E-state index in [9.17, 15) is 18.0 Å². The highest BCUT2D eigenvalue weighted by molar-refractivity contribution is 7.92. The molecule has 0 aliphatic heterocycles. The number of ether oxygens (including phenoxy) is 1. The van der Waals surface area contributed by atoms with E-state index in [2.05, 4.69) is 20.0 Å². The van der Waals surface area contributed by atoms with E-state index in [0.29, 0.717) is 21.9 Å². The molecule has 0 fully saturated rings. The fourth-order valence-corrected chi connectivity index (χ4v) is 4.95. The minimum absolute atomic E-state index is 0.0749. The van der Waals surface area contributed by atoms with Crippen molar-refractivity contribution in [3.8, 4) is 21.7 Å². The Morgan fingerprint density at radius 3 is 2.44 bits per heavy atom. The van der Waals surface area contributed by atoms with Gasteiger partial charge in [-0.3, -0.25) is 9.52 Å². The van der Waals surface area contributed by atoms with Crippen molar-refractivity contribution in [2.24, 2.45) is 0 Å². The number of amides is 1. The summed E-state index contributed by atoms with van der Waals surface area (Å²) in [4.78, 5) is 34.7. The lowest BCUT2D eigenvalue weighted by Crippen LogP contribution is -2.16. The number of anilines is 2. The van der Waals surface area contributed by atoms with E-state index in [-0.39, 0.29) is 17.9 Å². The third-order valence-corrected chi connectivity index (χ3v) is 6.58. The molecule has 0 unspecified atom stereocenters. The largest absolute Gasteiger partial charge is 0.462 e. The molecule has 1 amide bonds. The third kappa shape index (κ3) is 6.12. The SMILES string of the molecule is CCOC(=O)c1cc(-c2ccccc2)sc1NC(=O)c1cc(-c2cccc(NS(C)(=O)=O)c2)ncn1. The maximum atomic E-state index is 13.1. The first-order valence-electron chi connectivity index (χ1n) is 10.8. The second-order valence-electron chi connectivity index (χ2n) is 7.64. The van der Waals surface area contributed by atoms with Crippen LogP contribution < -0.4 is 10.0 Å². The third-order valence-electron chi connectivity index (χ3n) is 4.87. The summed E-state index contributed by atoms with van der Waals surface area (Å²) < 4.78 is 30.7. The van der Waals surface area contributed by atoms with Gasteiger partial charge in [0.25, 0.3) is 5.91 Å². The van der Waals surface area contributed by atoms with Crippen LogP contribution in [0.25, 0.3) is 21.7 Å². The molecular weight excluding hydrogens is 500 g/mol. The lowest BCUT2D eigenvalue weighted by molar-refractivity contribution is 0.0528. The molecule has 4 aromatic rings. The first kappa shape index (κ1) is 25.0. The van der Waals surface area contributed by atoms with Gasteiger partial charge in [-0.1, -0.05) is 42.5 Å². The van der Waals surface area contributed by atoms with Crippen LogP contribution in [-0.2, 0) is 14.8 Å². The number of rotatable bonds is 8. The van der Waals surface area contributed by atoms with Crippen molar-refractivity contribution in [3.63, 3.8) is 0 Å². The summed E-state index contributed by atoms with van der Waals surface area (Å²) in [7, 11) is -3.45. The van der Waals surface area contributed by atoms with Crippen LogP contribution in [0.4, 0.5) is 10.7 Å². The molecule has 0 spiro atoms. The number of aromatic nitrogens is 2. The number of carbonyl (C=O) groups excluding carboxylic acids is 2. The molecule has 0 atom stereocenters. The molecule has 0 saturated carbocycles. The fraction of sp³-hybridized carbons (Fsp3) is 0.120. The maximum absolute atomic E-state index is 13.1. The highest BCUT2D eigenvalue weighted by atomic mass is 32.2. The van der Waals surface area contributed by atoms with Crippen molar-refractivity contribution in [2.75, 3.05) is 22.9 Å². The van der Waals surface area contributed by atoms with Crippen molar-refractivity contribution in [3.05, 3.63) is 84.3 Å². The van der Waals surface area contributed by atoms with Gasteiger partial charge in [-0.15, -0.1) is 11.3 Å². The smallest absolute Gasteiger partial charge is 0.341 e. The zero-order valence-corrected chi connectivity index (χ0v) is 21.0. The molecule has 2 N–H and O–H groups in total. The van der Waals surface area contributed by atoms with Crippen molar-refractivity contribution in [1.82, 2.24) is 9.97 Å². The normalized spacial score (nSPS) is 11.1. The van der Waals surface area contributed by atoms with Crippen LogP contribution >= 0.6 is 11.3 Å². The molecule has 2 heterocycles. The van der Waals surface area contributed by atoms with Crippen molar-refractivity contribution < 1.29 is 22.7 Å². The van der Waals surface area contributed by atoms with E-state index in [0.717, 1.165) is 16.7 Å². The number of carbonyl (C=O) groups is 2. The average molecular weight is 523 g/mol. The molecule has 0 saturated heterocycles. The molecular formula is C25H22N4O5S2. The Hall–Kier alpha value is -4.09. The zero-order chi connectivity index (χ0) is 25.7. The second kappa shape index (κ2) is 10.7. The van der Waals surface area contributed by atoms with Crippen molar-refractivity contribution in [1.29, 1.82) is 0 Å². The van der Waals surface area contributed by atoms with E-state index in [1.54, 1.807) is 37.3 Å². The van der Waals surface area contributed by atoms with Crippen LogP contribution in [-0.4, -0.2) is 43.1 Å². The molecule has 4 rings (SSSR count). The van der Waals surface area contributed by atoms with Gasteiger partial charge < -0.3 is 10.1 Å². The van der Waals surface area contributed by atoms with Gasteiger partial charge in [0.15, 0.2) is 0 Å². The minimum Gasteiger partial charge on any atom is -0.462 e. The minimum atomic E-state index is -3.45. The van der Waals surface area contributed by atoms with Crippen LogP contribution in [0.15, 0.2) is 73.1 Å². The van der Waals surface area contributed by atoms with Crippen molar-refractivity contribution in [2.45, 2.75) is 6.92 Å². The number of hydrogen-bond acceptors (Lipinski definition) is 8. The Morgan fingerprint density at radius 1 is 0.972 bits per heavy atom. The number of nitrogens with zero attached hydrogens (tertiary/aromatic N) is 2. The standard InChI is InChI=1S/C25H22N4O5S2/c1-3-34-25(31)19-13-22(16-8-5-4-6-9-16)35-24(19)28-23(30)21-14-20(26-15-27-21)17-10-7-11-18(12-17)29-36(2,32)33/h4-15,29H,3H2,1-2H3,(H,28,30). The lowest BCUT2D eigenvalue weighted by Gasteiger charge is -2.08. The van der Waals surface area contributed by atoms with Gasteiger partial charge in [-0.05, 0) is 36.8 Å². The summed E-state index contributed by atoms with van der Waals surface area (Å²) in [6, 6.07) is 19.3. The molecule has 2 aromatic carbocycles. The molecule has 9 nitrogen and oxygen atoms in total. The van der Waals surface area contributed by atoms with Gasteiger partial charge >= 0.3 is 5.97 Å². The number of benzene rings is 2. The number of esters is 1. The van der Waals surface area contributed by atoms with Gasteiger partial charge in [0.05, 0.1) is 24.1 Å². The summed E-state index contributed by atoms with van der Waals surface area (Å²) in [5, 5.41) is 3.12. The molecule has 2 aromatic heterocycles. The fourth-order valence-electron chi connectivity index (χ4n) is 3.35. The van der Waals surface area contributed by atoms with E-state index < -0.39 is 21.9 Å². The Bertz CT molecular complexity index is 1520. The molecule has 36 heavy (non-hydrogen) atoms. The summed E-state index contributed by atoms with van der Waals surface area (Å²) >= 11 is 1.26. The van der Waals surface area contributed by atoms with E-state index >= 15 is 0 Å². The molecule has 0 radical (unpaired) electrons. The highest BCUT2D eigenvalue weighted by Gasteiger charge is 2.21. The Morgan fingerprint density at radius 2 is 1.72 bits per heavy atom. The summed E-state index contributed by atoms with van der Waals surface area (Å²) in [5.74, 6) is -1.07. The highest BCUT2D eigenvalue weighted by Crippen LogP contribution is 2.36. The van der Waals surface area contributed by atoms with Crippen LogP contribution in [0.1, 0.15) is 27.8 Å². The van der Waals surface area contributed by atoms with E-state index in [1.165, 1.54) is 23.7 Å². The lowest BCUT2D eigenvalue weighted by atomic mass is 10.1. The van der Waals surface area contributed by atoms with Gasteiger partial charge in [-0.2, -0.15) is 0 Å².